The van der Waals surface area contributed by atoms with Gasteiger partial charge in [0.15, 0.2) is 0 Å². The first kappa shape index (κ1) is 10.5. The predicted octanol–water partition coefficient (Wildman–Crippen LogP) is 1.93. The highest BCUT2D eigenvalue weighted by Gasteiger charge is 2.38. The van der Waals surface area contributed by atoms with E-state index in [4.69, 9.17) is 4.74 Å². The van der Waals surface area contributed by atoms with Gasteiger partial charge in [0.25, 0.3) is 0 Å². The van der Waals surface area contributed by atoms with Gasteiger partial charge in [0, 0.05) is 6.04 Å². The van der Waals surface area contributed by atoms with Crippen molar-refractivity contribution in [3.05, 3.63) is 0 Å². The van der Waals surface area contributed by atoms with Gasteiger partial charge < -0.3 is 4.74 Å². The largest absolute Gasteiger partial charge is 0.448 e. The number of cyclic esters (lactones) is 1. The number of carbonyl (C=O) groups is 2. The Morgan fingerprint density at radius 1 is 1.20 bits per heavy atom. The minimum Gasteiger partial charge on any atom is -0.448 e. The molecule has 2 amide bonds. The summed E-state index contributed by atoms with van der Waals surface area (Å²) in [5.41, 5.74) is 0. The summed E-state index contributed by atoms with van der Waals surface area (Å²) in [6.45, 7) is 2.05. The smallest absolute Gasteiger partial charge is 0.416 e. The number of amides is 2. The molecule has 0 aromatic carbocycles. The lowest BCUT2D eigenvalue weighted by Crippen LogP contribution is -2.52. The monoisotopic (exact) mass is 211 g/mol. The molecule has 0 spiro atoms. The first-order valence-corrected chi connectivity index (χ1v) is 5.70. The maximum atomic E-state index is 11.9. The summed E-state index contributed by atoms with van der Waals surface area (Å²) in [4.78, 5) is 24.7. The second-order valence-electron chi connectivity index (χ2n) is 4.48. The summed E-state index contributed by atoms with van der Waals surface area (Å²) in [5, 5.41) is 0. The normalized spacial score (nSPS) is 29.1. The highest BCUT2D eigenvalue weighted by atomic mass is 16.6. The second-order valence-corrected chi connectivity index (χ2v) is 4.48. The van der Waals surface area contributed by atoms with Gasteiger partial charge in [0.1, 0.15) is 6.61 Å². The Hall–Kier alpha value is -1.06. The van der Waals surface area contributed by atoms with Crippen LogP contribution in [0.1, 0.15) is 39.0 Å². The molecule has 84 valence electrons. The molecular formula is C11H17NO3. The first-order chi connectivity index (χ1) is 7.20. The van der Waals surface area contributed by atoms with E-state index in [-0.39, 0.29) is 24.5 Å². The molecule has 4 nitrogen and oxygen atoms in total. The number of imide groups is 1. The highest BCUT2D eigenvalue weighted by Crippen LogP contribution is 2.26. The Bertz CT molecular complexity index is 271. The van der Waals surface area contributed by atoms with Crippen LogP contribution in [0.3, 0.4) is 0 Å². The zero-order chi connectivity index (χ0) is 10.8. The molecule has 1 unspecified atom stereocenters. The minimum atomic E-state index is -0.440. The number of rotatable bonds is 1. The summed E-state index contributed by atoms with van der Waals surface area (Å²) in [6.07, 6.45) is 4.86. The number of hydrogen-bond acceptors (Lipinski definition) is 3. The number of hydrogen-bond donors (Lipinski definition) is 0. The van der Waals surface area contributed by atoms with Crippen molar-refractivity contribution in [2.75, 3.05) is 6.61 Å². The molecule has 1 heterocycles. The molecule has 1 atom stereocenters. The average Bonchev–Trinajstić information content (AvgIpc) is 2.26. The van der Waals surface area contributed by atoms with Crippen molar-refractivity contribution in [1.29, 1.82) is 0 Å². The van der Waals surface area contributed by atoms with E-state index in [1.807, 2.05) is 6.92 Å². The maximum absolute atomic E-state index is 11.9. The van der Waals surface area contributed by atoms with Gasteiger partial charge in [-0.25, -0.2) is 9.69 Å². The summed E-state index contributed by atoms with van der Waals surface area (Å²) in [7, 11) is 0. The van der Waals surface area contributed by atoms with Gasteiger partial charge in [-0.2, -0.15) is 0 Å². The number of carbonyl (C=O) groups excluding carboxylic acids is 2. The van der Waals surface area contributed by atoms with Gasteiger partial charge in [0.2, 0.25) is 5.91 Å². The minimum absolute atomic E-state index is 0.0573. The molecule has 1 aliphatic carbocycles. The molecule has 4 heteroatoms. The van der Waals surface area contributed by atoms with E-state index in [1.54, 1.807) is 0 Å². The van der Waals surface area contributed by atoms with E-state index in [1.165, 1.54) is 11.3 Å². The third kappa shape index (κ3) is 1.98. The summed E-state index contributed by atoms with van der Waals surface area (Å²) >= 11 is 0. The van der Waals surface area contributed by atoms with Crippen molar-refractivity contribution in [2.45, 2.75) is 45.1 Å². The number of nitrogens with zero attached hydrogens (tertiary/aromatic N) is 1. The Balaban J connectivity index is 2.09. The average molecular weight is 211 g/mol. The standard InChI is InChI=1S/C11H17NO3/c1-8-7-15-11(14)12(10(8)13)9-5-3-2-4-6-9/h8-9H,2-7H2,1H3. The topological polar surface area (TPSA) is 46.6 Å². The van der Waals surface area contributed by atoms with Crippen LogP contribution < -0.4 is 0 Å². The molecule has 0 aromatic heterocycles. The van der Waals surface area contributed by atoms with E-state index < -0.39 is 6.09 Å². The van der Waals surface area contributed by atoms with E-state index >= 15 is 0 Å². The molecule has 0 radical (unpaired) electrons. The van der Waals surface area contributed by atoms with E-state index in [0.29, 0.717) is 0 Å². The first-order valence-electron chi connectivity index (χ1n) is 5.70. The van der Waals surface area contributed by atoms with E-state index in [9.17, 15) is 9.59 Å². The Morgan fingerprint density at radius 2 is 1.87 bits per heavy atom. The molecular weight excluding hydrogens is 194 g/mol. The van der Waals surface area contributed by atoms with Crippen LogP contribution in [0.2, 0.25) is 0 Å². The molecule has 1 saturated heterocycles. The van der Waals surface area contributed by atoms with E-state index in [2.05, 4.69) is 0 Å². The van der Waals surface area contributed by atoms with Crippen molar-refractivity contribution in [3.8, 4) is 0 Å². The molecule has 1 saturated carbocycles. The van der Waals surface area contributed by atoms with Gasteiger partial charge >= 0.3 is 6.09 Å². The Labute approximate surface area is 89.6 Å². The zero-order valence-corrected chi connectivity index (χ0v) is 9.07. The quantitative estimate of drug-likeness (QED) is 0.665. The lowest BCUT2D eigenvalue weighted by atomic mass is 9.93. The predicted molar refractivity (Wildman–Crippen MR) is 54.2 cm³/mol. The third-order valence-electron chi connectivity index (χ3n) is 3.25. The van der Waals surface area contributed by atoms with Crippen molar-refractivity contribution < 1.29 is 14.3 Å². The van der Waals surface area contributed by atoms with Crippen LogP contribution in [0.5, 0.6) is 0 Å². The summed E-state index contributed by atoms with van der Waals surface area (Å²) < 4.78 is 4.99. The fourth-order valence-corrected chi connectivity index (χ4v) is 2.33. The summed E-state index contributed by atoms with van der Waals surface area (Å²) in [5.74, 6) is -0.234. The van der Waals surface area contributed by atoms with Gasteiger partial charge in [-0.1, -0.05) is 26.2 Å². The Morgan fingerprint density at radius 3 is 2.53 bits per heavy atom. The molecule has 2 aliphatic rings. The van der Waals surface area contributed by atoms with Crippen molar-refractivity contribution in [1.82, 2.24) is 4.90 Å². The molecule has 0 N–H and O–H groups in total. The van der Waals surface area contributed by atoms with Gasteiger partial charge in [-0.15, -0.1) is 0 Å². The molecule has 2 fully saturated rings. The number of ether oxygens (including phenoxy) is 1. The fourth-order valence-electron chi connectivity index (χ4n) is 2.33. The van der Waals surface area contributed by atoms with E-state index in [0.717, 1.165) is 25.7 Å². The molecule has 0 bridgehead atoms. The van der Waals surface area contributed by atoms with Crippen LogP contribution in [0.15, 0.2) is 0 Å². The van der Waals surface area contributed by atoms with Crippen LogP contribution in [0.25, 0.3) is 0 Å². The summed E-state index contributed by atoms with van der Waals surface area (Å²) in [6, 6.07) is 0.0847. The van der Waals surface area contributed by atoms with Crippen LogP contribution in [0.4, 0.5) is 4.79 Å². The Kier molecular flexibility index (Phi) is 2.93. The highest BCUT2D eigenvalue weighted by molar-refractivity contribution is 5.95. The van der Waals surface area contributed by atoms with Gasteiger partial charge in [0.05, 0.1) is 5.92 Å². The lowest BCUT2D eigenvalue weighted by molar-refractivity contribution is -0.141. The lowest BCUT2D eigenvalue weighted by Gasteiger charge is -2.36. The zero-order valence-electron chi connectivity index (χ0n) is 9.07. The third-order valence-corrected chi connectivity index (χ3v) is 3.25. The molecule has 2 rings (SSSR count). The van der Waals surface area contributed by atoms with Crippen molar-refractivity contribution >= 4 is 12.0 Å². The maximum Gasteiger partial charge on any atom is 0.416 e. The van der Waals surface area contributed by atoms with Crippen molar-refractivity contribution in [3.63, 3.8) is 0 Å². The SMILES string of the molecule is CC1COC(=O)N(C2CCCCC2)C1=O. The van der Waals surface area contributed by atoms with Crippen LogP contribution in [-0.4, -0.2) is 29.5 Å². The second kappa shape index (κ2) is 4.21. The molecule has 0 aromatic rings. The fraction of sp³-hybridized carbons (Fsp3) is 0.818. The van der Waals surface area contributed by atoms with Crippen LogP contribution >= 0.6 is 0 Å². The molecule has 1 aliphatic heterocycles. The van der Waals surface area contributed by atoms with Crippen LogP contribution in [0, 0.1) is 5.92 Å². The van der Waals surface area contributed by atoms with Crippen molar-refractivity contribution in [2.24, 2.45) is 5.92 Å². The van der Waals surface area contributed by atoms with Crippen LogP contribution in [-0.2, 0) is 9.53 Å². The molecule has 15 heavy (non-hydrogen) atoms. The van der Waals surface area contributed by atoms with Gasteiger partial charge in [-0.05, 0) is 12.8 Å². The van der Waals surface area contributed by atoms with Gasteiger partial charge in [-0.3, -0.25) is 4.79 Å².